The average Bonchev–Trinajstić information content (AvgIpc) is 3.29. The lowest BCUT2D eigenvalue weighted by Crippen LogP contribution is -2.29. The molecule has 0 unspecified atom stereocenters. The van der Waals surface area contributed by atoms with Crippen molar-refractivity contribution >= 4 is 22.9 Å². The first kappa shape index (κ1) is 22.5. The van der Waals surface area contributed by atoms with E-state index >= 15 is 0 Å². The van der Waals surface area contributed by atoms with E-state index in [2.05, 4.69) is 5.32 Å². The van der Waals surface area contributed by atoms with Gasteiger partial charge in [-0.3, -0.25) is 9.59 Å². The molecule has 4 aromatic rings. The molecule has 1 amide bonds. The number of hydrogen-bond donors (Lipinski definition) is 2. The first-order chi connectivity index (χ1) is 17.1. The fourth-order valence-corrected chi connectivity index (χ4v) is 4.33. The molecule has 176 valence electrons. The van der Waals surface area contributed by atoms with E-state index in [1.54, 1.807) is 12.1 Å². The number of nitrogens with one attached hydrogen (secondary N) is 1. The third-order valence-corrected chi connectivity index (χ3v) is 6.11. The Labute approximate surface area is 202 Å². The highest BCUT2D eigenvalue weighted by atomic mass is 16.5. The first-order valence-electron chi connectivity index (χ1n) is 11.7. The Bertz CT molecular complexity index is 1390. The van der Waals surface area contributed by atoms with Gasteiger partial charge in [-0.05, 0) is 43.5 Å². The molecule has 2 N–H and O–H groups in total. The Morgan fingerprint density at radius 2 is 1.74 bits per heavy atom. The highest BCUT2D eigenvalue weighted by Crippen LogP contribution is 2.32. The molecule has 7 nitrogen and oxygen atoms in total. The van der Waals surface area contributed by atoms with Crippen molar-refractivity contribution in [2.45, 2.75) is 31.7 Å². The summed E-state index contributed by atoms with van der Waals surface area (Å²) >= 11 is 0. The van der Waals surface area contributed by atoms with Crippen molar-refractivity contribution in [1.29, 1.82) is 0 Å². The maximum absolute atomic E-state index is 13.0. The quantitative estimate of drug-likeness (QED) is 0.355. The molecule has 1 aliphatic heterocycles. The molecule has 5 rings (SSSR count). The predicted molar refractivity (Wildman–Crippen MR) is 132 cm³/mol. The number of unbranched alkanes of at least 4 members (excludes halogenated alkanes) is 1. The third kappa shape index (κ3) is 4.99. The molecule has 0 spiro atoms. The van der Waals surface area contributed by atoms with Crippen molar-refractivity contribution in [2.24, 2.45) is 0 Å². The van der Waals surface area contributed by atoms with Crippen molar-refractivity contribution in [2.75, 3.05) is 6.61 Å². The number of carbonyl (C=O) groups is 2. The van der Waals surface area contributed by atoms with E-state index in [0.29, 0.717) is 42.5 Å². The number of aromatic nitrogens is 2. The van der Waals surface area contributed by atoms with E-state index in [1.807, 2.05) is 60.7 Å². The number of hydrogen-bond acceptors (Lipinski definition) is 5. The Kier molecular flexibility index (Phi) is 6.39. The smallest absolute Gasteiger partial charge is 0.303 e. The van der Waals surface area contributed by atoms with Crippen molar-refractivity contribution in [3.63, 3.8) is 0 Å². The largest absolute Gasteiger partial charge is 0.491 e. The summed E-state index contributed by atoms with van der Waals surface area (Å²) in [5.41, 5.74) is 5.34. The Morgan fingerprint density at radius 3 is 2.57 bits per heavy atom. The summed E-state index contributed by atoms with van der Waals surface area (Å²) in [7, 11) is 0. The van der Waals surface area contributed by atoms with Gasteiger partial charge in [0.05, 0.1) is 28.5 Å². The molecular formula is C28H25N3O4. The number of aliphatic carboxylic acids is 1. The topological polar surface area (TPSA) is 101 Å². The molecule has 0 bridgehead atoms. The fraction of sp³-hybridized carbons (Fsp3) is 0.214. The lowest BCUT2D eigenvalue weighted by molar-refractivity contribution is -0.137. The van der Waals surface area contributed by atoms with Crippen LogP contribution in [0.5, 0.6) is 5.75 Å². The van der Waals surface area contributed by atoms with Crippen molar-refractivity contribution in [3.8, 4) is 17.0 Å². The van der Waals surface area contributed by atoms with E-state index < -0.39 is 5.97 Å². The van der Waals surface area contributed by atoms with E-state index in [-0.39, 0.29) is 18.4 Å². The number of benzene rings is 3. The number of ether oxygens (including phenoxy) is 1. The Morgan fingerprint density at radius 1 is 0.943 bits per heavy atom. The molecule has 2 heterocycles. The van der Waals surface area contributed by atoms with Gasteiger partial charge in [0.1, 0.15) is 12.4 Å². The number of para-hydroxylation sites is 1. The average molecular weight is 468 g/mol. The molecular weight excluding hydrogens is 442 g/mol. The number of carboxylic acid groups (broad SMARTS) is 1. The molecule has 1 aromatic heterocycles. The summed E-state index contributed by atoms with van der Waals surface area (Å²) < 4.78 is 5.68. The Hall–Kier alpha value is -4.26. The molecule has 3 aromatic carbocycles. The van der Waals surface area contributed by atoms with E-state index in [0.717, 1.165) is 28.3 Å². The number of amides is 1. The molecule has 1 atom stereocenters. The van der Waals surface area contributed by atoms with Gasteiger partial charge in [-0.2, -0.15) is 0 Å². The zero-order chi connectivity index (χ0) is 24.2. The third-order valence-electron chi connectivity index (χ3n) is 6.11. The van der Waals surface area contributed by atoms with Crippen LogP contribution < -0.4 is 10.1 Å². The van der Waals surface area contributed by atoms with Crippen molar-refractivity contribution < 1.29 is 19.4 Å². The summed E-state index contributed by atoms with van der Waals surface area (Å²) in [5.74, 6) is -0.207. The molecule has 0 radical (unpaired) electrons. The van der Waals surface area contributed by atoms with Gasteiger partial charge in [-0.1, -0.05) is 48.5 Å². The second-order valence-electron chi connectivity index (χ2n) is 8.56. The number of rotatable bonds is 8. The van der Waals surface area contributed by atoms with Crippen LogP contribution in [0.4, 0.5) is 0 Å². The number of nitrogens with zero attached hydrogens (tertiary/aromatic N) is 2. The fourth-order valence-electron chi connectivity index (χ4n) is 4.33. The SMILES string of the molecule is O=C(O)CCCCc1nc2cc(C(=O)N[C@@H]3COc4ccccc43)ccc2nc1-c1ccccc1. The molecule has 0 saturated carbocycles. The minimum Gasteiger partial charge on any atom is -0.491 e. The van der Waals surface area contributed by atoms with Gasteiger partial charge < -0.3 is 15.2 Å². The number of carboxylic acids is 1. The van der Waals surface area contributed by atoms with Crippen LogP contribution in [0.15, 0.2) is 72.8 Å². The predicted octanol–water partition coefficient (Wildman–Crippen LogP) is 4.96. The van der Waals surface area contributed by atoms with Crippen LogP contribution in [-0.2, 0) is 11.2 Å². The Balaban J connectivity index is 1.42. The minimum atomic E-state index is -0.802. The van der Waals surface area contributed by atoms with E-state index in [9.17, 15) is 9.59 Å². The van der Waals surface area contributed by atoms with Crippen LogP contribution in [0.2, 0.25) is 0 Å². The second-order valence-corrected chi connectivity index (χ2v) is 8.56. The highest BCUT2D eigenvalue weighted by Gasteiger charge is 2.25. The normalized spacial score (nSPS) is 14.3. The number of fused-ring (bicyclic) bond motifs is 2. The zero-order valence-electron chi connectivity index (χ0n) is 19.1. The maximum atomic E-state index is 13.0. The van der Waals surface area contributed by atoms with E-state index in [1.165, 1.54) is 0 Å². The van der Waals surface area contributed by atoms with Crippen molar-refractivity contribution in [3.05, 3.63) is 89.6 Å². The van der Waals surface area contributed by atoms with Crippen LogP contribution in [0.1, 0.15) is 46.9 Å². The minimum absolute atomic E-state index is 0.125. The molecule has 0 saturated heterocycles. The van der Waals surface area contributed by atoms with Gasteiger partial charge >= 0.3 is 5.97 Å². The number of carbonyl (C=O) groups excluding carboxylic acids is 1. The standard InChI is InChI=1S/C28H25N3O4/c32-26(33)13-7-5-11-22-27(18-8-2-1-3-9-18)30-21-15-14-19(16-23(21)29-22)28(34)31-24-17-35-25-12-6-4-10-20(24)25/h1-4,6,8-10,12,14-16,24H,5,7,11,13,17H2,(H,31,34)(H,32,33)/t24-/m1/s1. The van der Waals surface area contributed by atoms with Gasteiger partial charge in [0.25, 0.3) is 5.91 Å². The maximum Gasteiger partial charge on any atom is 0.303 e. The molecule has 7 heteroatoms. The summed E-state index contributed by atoms with van der Waals surface area (Å²) in [6, 6.07) is 22.7. The van der Waals surface area contributed by atoms with Crippen LogP contribution in [0.3, 0.4) is 0 Å². The second kappa shape index (κ2) is 9.93. The lowest BCUT2D eigenvalue weighted by Gasteiger charge is -2.13. The first-order valence-corrected chi connectivity index (χ1v) is 11.7. The van der Waals surface area contributed by atoms with Crippen LogP contribution in [0.25, 0.3) is 22.3 Å². The van der Waals surface area contributed by atoms with Gasteiger partial charge in [0, 0.05) is 23.1 Å². The molecule has 0 aliphatic carbocycles. The summed E-state index contributed by atoms with van der Waals surface area (Å²) in [5, 5.41) is 12.0. The molecule has 35 heavy (non-hydrogen) atoms. The monoisotopic (exact) mass is 467 g/mol. The van der Waals surface area contributed by atoms with Gasteiger partial charge in [-0.25, -0.2) is 9.97 Å². The van der Waals surface area contributed by atoms with Gasteiger partial charge in [0.15, 0.2) is 0 Å². The highest BCUT2D eigenvalue weighted by molar-refractivity contribution is 5.97. The lowest BCUT2D eigenvalue weighted by atomic mass is 10.0. The molecule has 1 aliphatic rings. The van der Waals surface area contributed by atoms with Crippen LogP contribution in [-0.4, -0.2) is 33.6 Å². The summed E-state index contributed by atoms with van der Waals surface area (Å²) in [6.07, 6.45) is 1.98. The molecule has 0 fully saturated rings. The van der Waals surface area contributed by atoms with Crippen LogP contribution in [0, 0.1) is 0 Å². The van der Waals surface area contributed by atoms with Gasteiger partial charge in [-0.15, -0.1) is 0 Å². The van der Waals surface area contributed by atoms with Crippen molar-refractivity contribution in [1.82, 2.24) is 15.3 Å². The number of aryl methyl sites for hydroxylation is 1. The van der Waals surface area contributed by atoms with E-state index in [4.69, 9.17) is 19.8 Å². The summed E-state index contributed by atoms with van der Waals surface area (Å²) in [6.45, 7) is 0.402. The van der Waals surface area contributed by atoms with Gasteiger partial charge in [0.2, 0.25) is 0 Å². The van der Waals surface area contributed by atoms with Crippen LogP contribution >= 0.6 is 0 Å². The zero-order valence-corrected chi connectivity index (χ0v) is 19.1. The summed E-state index contributed by atoms with van der Waals surface area (Å²) in [4.78, 5) is 33.7.